The van der Waals surface area contributed by atoms with Crippen molar-refractivity contribution in [2.75, 3.05) is 19.6 Å². The molecule has 0 saturated carbocycles. The minimum atomic E-state index is 0.205. The highest BCUT2D eigenvalue weighted by atomic mass is 15.2. The molecule has 0 heterocycles. The van der Waals surface area contributed by atoms with E-state index in [0.717, 1.165) is 94.4 Å². The Hall–Kier alpha value is -10.4. The molecule has 0 aromatic heterocycles. The van der Waals surface area contributed by atoms with Gasteiger partial charge >= 0.3 is 0 Å². The lowest BCUT2D eigenvalue weighted by atomic mass is 9.85. The van der Waals surface area contributed by atoms with Crippen LogP contribution in [0.25, 0.3) is 38.6 Å². The Kier molecular flexibility index (Phi) is 14.5. The third kappa shape index (κ3) is 10.6. The maximum Gasteiger partial charge on any atom is 0.0628 e. The van der Waals surface area contributed by atoms with Crippen molar-refractivity contribution in [3.63, 3.8) is 0 Å². The van der Waals surface area contributed by atoms with Gasteiger partial charge in [-0.25, -0.2) is 0 Å². The fourth-order valence-electron chi connectivity index (χ4n) is 12.6. The molecule has 4 nitrogen and oxygen atoms in total. The van der Waals surface area contributed by atoms with E-state index in [4.69, 9.17) is 0 Å². The summed E-state index contributed by atoms with van der Waals surface area (Å²) in [6.07, 6.45) is 21.3. The first-order valence-corrected chi connectivity index (χ1v) is 29.5. The first kappa shape index (κ1) is 51.7. The maximum atomic E-state index is 2.53. The van der Waals surface area contributed by atoms with Crippen LogP contribution < -0.4 is 19.6 Å². The molecule has 1 unspecified atom stereocenters. The second-order valence-corrected chi connectivity index (χ2v) is 21.9. The van der Waals surface area contributed by atoms with Crippen LogP contribution in [0.4, 0.5) is 62.6 Å². The number of benzene rings is 11. The van der Waals surface area contributed by atoms with Crippen LogP contribution >= 0.6 is 0 Å². The molecule has 0 bridgehead atoms. The minimum absolute atomic E-state index is 0.205. The van der Waals surface area contributed by atoms with E-state index in [1.54, 1.807) is 0 Å². The molecule has 84 heavy (non-hydrogen) atoms. The smallest absolute Gasteiger partial charge is 0.0628 e. The van der Waals surface area contributed by atoms with Crippen molar-refractivity contribution in [1.29, 1.82) is 0 Å². The van der Waals surface area contributed by atoms with Gasteiger partial charge in [-0.1, -0.05) is 194 Å². The molecule has 11 aromatic carbocycles. The lowest BCUT2D eigenvalue weighted by Crippen LogP contribution is -2.34. The molecule has 1 atom stereocenters. The van der Waals surface area contributed by atoms with Crippen LogP contribution in [0.5, 0.6) is 0 Å². The summed E-state index contributed by atoms with van der Waals surface area (Å²) in [5, 5.41) is 2.42. The molecule has 14 rings (SSSR count). The fraction of sp³-hybridized carbons (Fsp3) is 0.0750. The van der Waals surface area contributed by atoms with Crippen LogP contribution in [0, 0.1) is 0 Å². The Labute approximate surface area is 494 Å². The number of hydrogen-bond donors (Lipinski definition) is 0. The fourth-order valence-corrected chi connectivity index (χ4v) is 12.6. The van der Waals surface area contributed by atoms with Gasteiger partial charge in [-0.2, -0.15) is 0 Å². The Morgan fingerprint density at radius 1 is 0.310 bits per heavy atom. The van der Waals surface area contributed by atoms with E-state index in [1.807, 2.05) is 0 Å². The Morgan fingerprint density at radius 3 is 1.39 bits per heavy atom. The van der Waals surface area contributed by atoms with Crippen LogP contribution in [0.2, 0.25) is 0 Å². The molecule has 0 saturated heterocycles. The zero-order valence-electron chi connectivity index (χ0n) is 47.0. The van der Waals surface area contributed by atoms with E-state index in [-0.39, 0.29) is 6.04 Å². The zero-order valence-corrected chi connectivity index (χ0v) is 47.0. The first-order valence-electron chi connectivity index (χ1n) is 29.5. The number of para-hydroxylation sites is 2. The summed E-state index contributed by atoms with van der Waals surface area (Å²) in [7, 11) is 0. The number of allylic oxidation sites excluding steroid dienone is 7. The normalized spacial score (nSPS) is 14.4. The summed E-state index contributed by atoms with van der Waals surface area (Å²) in [6, 6.07) is 102. The van der Waals surface area contributed by atoms with Crippen molar-refractivity contribution < 1.29 is 0 Å². The van der Waals surface area contributed by atoms with Crippen LogP contribution in [-0.2, 0) is 0 Å². The molecule has 4 heteroatoms. The lowest BCUT2D eigenvalue weighted by molar-refractivity contribution is 0.731. The van der Waals surface area contributed by atoms with Gasteiger partial charge < -0.3 is 19.6 Å². The molecule has 0 radical (unpaired) electrons. The standard InChI is InChI=1S/C80H64N4/c1-5-21-59(22-6-1)65-29-17-35-75(57-65)81(71-49-53-73(54-50-71)83(67-31-9-3-10-32-67)79-39-19-27-63-25-13-15-37-77(63)79)69-45-41-61(42-46-69)62-43-47-70(48-44-62)82(76-36-18-30-66(58-76)60-23-7-2-8-24-60)72-51-55-74(56-52-72)84(68-33-11-4-12-34-68)80-40-20-28-64-26-14-16-38-78(64)80/h1-7,9-12,14-23,26-38,40-58,79H,8,13,24-25,39H2. The van der Waals surface area contributed by atoms with Gasteiger partial charge in [0.25, 0.3) is 0 Å². The highest BCUT2D eigenvalue weighted by Gasteiger charge is 2.28. The summed E-state index contributed by atoms with van der Waals surface area (Å²) in [6.45, 7) is 0. The highest BCUT2D eigenvalue weighted by molar-refractivity contribution is 5.99. The predicted octanol–water partition coefficient (Wildman–Crippen LogP) is 22.4. The minimum Gasteiger partial charge on any atom is -0.334 e. The number of nitrogens with zero attached hydrogens (tertiary/aromatic N) is 4. The van der Waals surface area contributed by atoms with Crippen molar-refractivity contribution in [2.45, 2.75) is 38.1 Å². The topological polar surface area (TPSA) is 13.0 Å². The molecular weight excluding hydrogens is 1020 g/mol. The third-order valence-electron chi connectivity index (χ3n) is 16.7. The predicted molar refractivity (Wildman–Crippen MR) is 357 cm³/mol. The second-order valence-electron chi connectivity index (χ2n) is 21.9. The second kappa shape index (κ2) is 23.6. The van der Waals surface area contributed by atoms with Crippen LogP contribution in [-0.4, -0.2) is 6.04 Å². The monoisotopic (exact) mass is 1080 g/mol. The summed E-state index contributed by atoms with van der Waals surface area (Å²) >= 11 is 0. The Morgan fingerprint density at radius 2 is 0.762 bits per heavy atom. The molecule has 0 fully saturated rings. The lowest BCUT2D eigenvalue weighted by Gasteiger charge is -2.38. The third-order valence-corrected chi connectivity index (χ3v) is 16.7. The molecule has 0 aliphatic heterocycles. The molecule has 11 aromatic rings. The molecule has 0 spiro atoms. The summed E-state index contributed by atoms with van der Waals surface area (Å²) in [5.74, 6) is 0. The van der Waals surface area contributed by atoms with E-state index in [9.17, 15) is 0 Å². The van der Waals surface area contributed by atoms with E-state index < -0.39 is 0 Å². The van der Waals surface area contributed by atoms with Crippen molar-refractivity contribution >= 4 is 78.9 Å². The van der Waals surface area contributed by atoms with E-state index in [0.29, 0.717) is 0 Å². The van der Waals surface area contributed by atoms with Gasteiger partial charge in [-0.3, -0.25) is 0 Å². The van der Waals surface area contributed by atoms with E-state index >= 15 is 0 Å². The first-order chi connectivity index (χ1) is 41.7. The van der Waals surface area contributed by atoms with E-state index in [1.165, 1.54) is 55.6 Å². The van der Waals surface area contributed by atoms with Gasteiger partial charge in [-0.05, 0) is 209 Å². The number of anilines is 11. The van der Waals surface area contributed by atoms with Crippen molar-refractivity contribution in [2.24, 2.45) is 0 Å². The van der Waals surface area contributed by atoms with Gasteiger partial charge in [0, 0.05) is 62.3 Å². The molecule has 3 aliphatic rings. The zero-order chi connectivity index (χ0) is 56.0. The van der Waals surface area contributed by atoms with Crippen molar-refractivity contribution in [3.8, 4) is 22.3 Å². The van der Waals surface area contributed by atoms with Crippen LogP contribution in [0.1, 0.15) is 37.7 Å². The van der Waals surface area contributed by atoms with Gasteiger partial charge in [0.15, 0.2) is 0 Å². The molecule has 0 N–H and O–H groups in total. The van der Waals surface area contributed by atoms with Gasteiger partial charge in [0.05, 0.1) is 11.7 Å². The highest BCUT2D eigenvalue weighted by Crippen LogP contribution is 2.45. The largest absolute Gasteiger partial charge is 0.334 e. The number of rotatable bonds is 15. The van der Waals surface area contributed by atoms with Gasteiger partial charge in [0.2, 0.25) is 0 Å². The van der Waals surface area contributed by atoms with Crippen molar-refractivity contribution in [1.82, 2.24) is 0 Å². The molecule has 404 valence electrons. The summed E-state index contributed by atoms with van der Waals surface area (Å²) in [4.78, 5) is 9.69. The maximum absolute atomic E-state index is 2.53. The molecule has 0 amide bonds. The van der Waals surface area contributed by atoms with Crippen LogP contribution in [0.15, 0.2) is 333 Å². The van der Waals surface area contributed by atoms with Gasteiger partial charge in [0.1, 0.15) is 0 Å². The quantitative estimate of drug-likeness (QED) is 0.101. The number of fused-ring (bicyclic) bond motifs is 1. The van der Waals surface area contributed by atoms with Crippen molar-refractivity contribution in [3.05, 3.63) is 338 Å². The summed E-state index contributed by atoms with van der Waals surface area (Å²) in [5.41, 5.74) is 22.4. The Balaban J connectivity index is 0.805. The molecular formula is C80H64N4. The average Bonchev–Trinajstić information content (AvgIpc) is 3.72. The van der Waals surface area contributed by atoms with Gasteiger partial charge in [-0.15, -0.1) is 0 Å². The summed E-state index contributed by atoms with van der Waals surface area (Å²) < 4.78 is 0. The van der Waals surface area contributed by atoms with E-state index in [2.05, 4.69) is 341 Å². The Bertz CT molecular complexity index is 4250. The average molecular weight is 1080 g/mol. The SMILES string of the molecule is C1=CCCC(c2cccc(N(c3ccc(-c4ccc(N(c5ccc(N(c6ccccc6)C6CC=CC7=C6C=CCC7)cc5)c5cccc(-c6ccccc6)c5)cc4)cc3)c3ccc(N(c4ccccc4)c4cccc5ccccc45)cc3)c2)=C1. The van der Waals surface area contributed by atoms with Crippen LogP contribution in [0.3, 0.4) is 0 Å². The molecule has 3 aliphatic carbocycles. The number of hydrogen-bond acceptors (Lipinski definition) is 4.